The smallest absolute Gasteiger partial charge is 0.126 e. The van der Waals surface area contributed by atoms with Crippen LogP contribution in [0.5, 0.6) is 0 Å². The van der Waals surface area contributed by atoms with Crippen LogP contribution in [-0.4, -0.2) is 54.7 Å². The first-order valence-corrected chi connectivity index (χ1v) is 8.45. The number of hydrogen-bond acceptors (Lipinski definition) is 3. The van der Waals surface area contributed by atoms with Crippen molar-refractivity contribution in [2.45, 2.75) is 45.4 Å². The summed E-state index contributed by atoms with van der Waals surface area (Å²) in [7, 11) is 0. The van der Waals surface area contributed by atoms with Crippen LogP contribution in [0.4, 0.5) is 4.39 Å². The molecule has 1 aromatic carbocycles. The number of halogens is 1. The van der Waals surface area contributed by atoms with E-state index < -0.39 is 0 Å². The molecule has 2 aliphatic rings. The zero-order valence-corrected chi connectivity index (χ0v) is 13.7. The molecule has 1 unspecified atom stereocenters. The molecule has 0 aliphatic carbocycles. The highest BCUT2D eigenvalue weighted by atomic mass is 19.1. The molecular formula is C18H27FN2O. The molecule has 3 nitrogen and oxygen atoms in total. The molecule has 122 valence electrons. The SMILES string of the molecule is Cc1ccc(CN2CCC(N3CCOC(C)C3)CC2)cc1F. The largest absolute Gasteiger partial charge is 0.376 e. The summed E-state index contributed by atoms with van der Waals surface area (Å²) in [5.74, 6) is -0.0882. The molecule has 2 fully saturated rings. The van der Waals surface area contributed by atoms with Crippen LogP contribution in [0.1, 0.15) is 30.9 Å². The Balaban J connectivity index is 1.50. The van der Waals surface area contributed by atoms with Crippen molar-refractivity contribution in [1.29, 1.82) is 0 Å². The van der Waals surface area contributed by atoms with Crippen molar-refractivity contribution in [2.75, 3.05) is 32.8 Å². The second kappa shape index (κ2) is 7.07. The first-order chi connectivity index (χ1) is 10.6. The minimum atomic E-state index is -0.0882. The van der Waals surface area contributed by atoms with Gasteiger partial charge in [0.25, 0.3) is 0 Å². The summed E-state index contributed by atoms with van der Waals surface area (Å²) >= 11 is 0. The van der Waals surface area contributed by atoms with E-state index in [0.29, 0.717) is 12.1 Å². The first kappa shape index (κ1) is 15.9. The van der Waals surface area contributed by atoms with E-state index in [1.54, 1.807) is 6.07 Å². The van der Waals surface area contributed by atoms with Gasteiger partial charge in [0.05, 0.1) is 12.7 Å². The fourth-order valence-corrected chi connectivity index (χ4v) is 3.61. The van der Waals surface area contributed by atoms with Gasteiger partial charge in [-0.15, -0.1) is 0 Å². The number of rotatable bonds is 3. The fourth-order valence-electron chi connectivity index (χ4n) is 3.61. The summed E-state index contributed by atoms with van der Waals surface area (Å²) in [6.07, 6.45) is 2.78. The third kappa shape index (κ3) is 3.86. The van der Waals surface area contributed by atoms with Gasteiger partial charge in [-0.05, 0) is 57.0 Å². The van der Waals surface area contributed by atoms with Gasteiger partial charge in [-0.3, -0.25) is 9.80 Å². The van der Waals surface area contributed by atoms with Crippen LogP contribution in [0.3, 0.4) is 0 Å². The average molecular weight is 306 g/mol. The minimum Gasteiger partial charge on any atom is -0.376 e. The van der Waals surface area contributed by atoms with Gasteiger partial charge in [-0.2, -0.15) is 0 Å². The molecule has 0 N–H and O–H groups in total. The lowest BCUT2D eigenvalue weighted by Crippen LogP contribution is -2.50. The van der Waals surface area contributed by atoms with E-state index in [4.69, 9.17) is 4.74 Å². The van der Waals surface area contributed by atoms with E-state index in [0.717, 1.165) is 50.5 Å². The quantitative estimate of drug-likeness (QED) is 0.854. The number of aryl methyl sites for hydroxylation is 1. The van der Waals surface area contributed by atoms with Crippen molar-refractivity contribution >= 4 is 0 Å². The summed E-state index contributed by atoms with van der Waals surface area (Å²) in [5.41, 5.74) is 1.81. The molecule has 0 spiro atoms. The van der Waals surface area contributed by atoms with Crippen LogP contribution in [0.2, 0.25) is 0 Å². The van der Waals surface area contributed by atoms with Crippen molar-refractivity contribution in [3.63, 3.8) is 0 Å². The fraction of sp³-hybridized carbons (Fsp3) is 0.667. The molecule has 0 bridgehead atoms. The molecule has 0 aromatic heterocycles. The van der Waals surface area contributed by atoms with Crippen LogP contribution in [0, 0.1) is 12.7 Å². The zero-order chi connectivity index (χ0) is 15.5. The van der Waals surface area contributed by atoms with Gasteiger partial charge >= 0.3 is 0 Å². The Hall–Kier alpha value is -0.970. The summed E-state index contributed by atoms with van der Waals surface area (Å²) in [5, 5.41) is 0. The Morgan fingerprint density at radius 2 is 2.00 bits per heavy atom. The van der Waals surface area contributed by atoms with Crippen molar-refractivity contribution < 1.29 is 9.13 Å². The molecular weight excluding hydrogens is 279 g/mol. The molecule has 22 heavy (non-hydrogen) atoms. The second-order valence-corrected chi connectivity index (χ2v) is 6.77. The lowest BCUT2D eigenvalue weighted by molar-refractivity contribution is -0.0437. The normalized spacial score (nSPS) is 25.5. The molecule has 2 aliphatic heterocycles. The lowest BCUT2D eigenvalue weighted by Gasteiger charge is -2.41. The second-order valence-electron chi connectivity index (χ2n) is 6.77. The Bertz CT molecular complexity index is 500. The monoisotopic (exact) mass is 306 g/mol. The standard InChI is InChI=1S/C18H27FN2O/c1-14-3-4-16(11-18(14)19)13-20-7-5-17(6-8-20)21-9-10-22-15(2)12-21/h3-4,11,15,17H,5-10,12-13H2,1-2H3. The van der Waals surface area contributed by atoms with Gasteiger partial charge in [0.15, 0.2) is 0 Å². The van der Waals surface area contributed by atoms with Gasteiger partial charge in [0.1, 0.15) is 5.82 Å². The van der Waals surface area contributed by atoms with Gasteiger partial charge in [0.2, 0.25) is 0 Å². The molecule has 3 rings (SSSR count). The maximum Gasteiger partial charge on any atom is 0.126 e. The number of likely N-dealkylation sites (tertiary alicyclic amines) is 1. The van der Waals surface area contributed by atoms with Gasteiger partial charge in [-0.25, -0.2) is 4.39 Å². The summed E-state index contributed by atoms with van der Waals surface area (Å²) in [4.78, 5) is 5.04. The van der Waals surface area contributed by atoms with E-state index in [9.17, 15) is 4.39 Å². The molecule has 4 heteroatoms. The van der Waals surface area contributed by atoms with Crippen LogP contribution < -0.4 is 0 Å². The third-order valence-corrected chi connectivity index (χ3v) is 4.99. The average Bonchev–Trinajstić information content (AvgIpc) is 2.52. The van der Waals surface area contributed by atoms with Crippen LogP contribution in [0.15, 0.2) is 18.2 Å². The highest BCUT2D eigenvalue weighted by Crippen LogP contribution is 2.21. The topological polar surface area (TPSA) is 15.7 Å². The molecule has 1 atom stereocenters. The van der Waals surface area contributed by atoms with E-state index >= 15 is 0 Å². The van der Waals surface area contributed by atoms with Crippen molar-refractivity contribution in [3.8, 4) is 0 Å². The molecule has 0 radical (unpaired) electrons. The molecule has 2 heterocycles. The van der Waals surface area contributed by atoms with Crippen molar-refractivity contribution in [1.82, 2.24) is 9.80 Å². The van der Waals surface area contributed by atoms with E-state index in [1.165, 1.54) is 12.8 Å². The van der Waals surface area contributed by atoms with E-state index in [1.807, 2.05) is 19.1 Å². The molecule has 0 saturated carbocycles. The van der Waals surface area contributed by atoms with Crippen molar-refractivity contribution in [3.05, 3.63) is 35.1 Å². The van der Waals surface area contributed by atoms with Gasteiger partial charge in [-0.1, -0.05) is 12.1 Å². The highest BCUT2D eigenvalue weighted by Gasteiger charge is 2.27. The Morgan fingerprint density at radius 3 is 2.68 bits per heavy atom. The van der Waals surface area contributed by atoms with Crippen molar-refractivity contribution in [2.24, 2.45) is 0 Å². The Morgan fingerprint density at radius 1 is 1.23 bits per heavy atom. The Labute approximate surface area is 133 Å². The predicted molar refractivity (Wildman–Crippen MR) is 86.4 cm³/mol. The Kier molecular flexibility index (Phi) is 5.11. The first-order valence-electron chi connectivity index (χ1n) is 8.45. The number of benzene rings is 1. The van der Waals surface area contributed by atoms with Gasteiger partial charge < -0.3 is 4.74 Å². The highest BCUT2D eigenvalue weighted by molar-refractivity contribution is 5.23. The van der Waals surface area contributed by atoms with Gasteiger partial charge in [0, 0.05) is 25.7 Å². The number of hydrogen-bond donors (Lipinski definition) is 0. The lowest BCUT2D eigenvalue weighted by atomic mass is 10.0. The van der Waals surface area contributed by atoms with Crippen LogP contribution >= 0.6 is 0 Å². The van der Waals surface area contributed by atoms with Crippen LogP contribution in [-0.2, 0) is 11.3 Å². The number of piperidine rings is 1. The van der Waals surface area contributed by atoms with E-state index in [2.05, 4.69) is 16.7 Å². The molecule has 2 saturated heterocycles. The summed E-state index contributed by atoms with van der Waals surface area (Å²) < 4.78 is 19.3. The summed E-state index contributed by atoms with van der Waals surface area (Å²) in [6, 6.07) is 6.31. The minimum absolute atomic E-state index is 0.0882. The zero-order valence-electron chi connectivity index (χ0n) is 13.7. The predicted octanol–water partition coefficient (Wildman–Crippen LogP) is 2.82. The number of morpholine rings is 1. The maximum atomic E-state index is 13.6. The molecule has 1 aromatic rings. The number of ether oxygens (including phenoxy) is 1. The van der Waals surface area contributed by atoms with E-state index in [-0.39, 0.29) is 5.82 Å². The van der Waals surface area contributed by atoms with Crippen LogP contribution in [0.25, 0.3) is 0 Å². The maximum absolute atomic E-state index is 13.6. The number of nitrogens with zero attached hydrogens (tertiary/aromatic N) is 2. The summed E-state index contributed by atoms with van der Waals surface area (Å²) in [6.45, 7) is 10.0. The third-order valence-electron chi connectivity index (χ3n) is 4.99. The molecule has 0 amide bonds.